The Bertz CT molecular complexity index is 1060. The van der Waals surface area contributed by atoms with Crippen molar-refractivity contribution < 1.29 is 27.5 Å². The Labute approximate surface area is 185 Å². The number of carbonyl (C=O) groups excluding carboxylic acids is 1. The van der Waals surface area contributed by atoms with Gasteiger partial charge in [-0.3, -0.25) is 4.79 Å². The zero-order valence-electron chi connectivity index (χ0n) is 16.3. The van der Waals surface area contributed by atoms with E-state index in [1.54, 1.807) is 43.3 Å². The molecule has 162 valence electrons. The first kappa shape index (κ1) is 22.8. The lowest BCUT2D eigenvalue weighted by molar-refractivity contribution is -0.137. The summed E-state index contributed by atoms with van der Waals surface area (Å²) in [6, 6.07) is 15.0. The topological polar surface area (TPSA) is 47.9 Å². The van der Waals surface area contributed by atoms with Crippen LogP contribution >= 0.6 is 22.9 Å². The van der Waals surface area contributed by atoms with Gasteiger partial charge >= 0.3 is 6.18 Å². The van der Waals surface area contributed by atoms with Gasteiger partial charge in [-0.15, -0.1) is 11.3 Å². The third kappa shape index (κ3) is 6.57. The van der Waals surface area contributed by atoms with E-state index in [2.05, 4.69) is 5.16 Å². The van der Waals surface area contributed by atoms with Crippen molar-refractivity contribution in [2.45, 2.75) is 19.7 Å². The minimum Gasteiger partial charge on any atom is -0.485 e. The quantitative estimate of drug-likeness (QED) is 0.212. The molecule has 0 fully saturated rings. The molecule has 1 heterocycles. The van der Waals surface area contributed by atoms with Gasteiger partial charge in [0.15, 0.2) is 6.61 Å². The second kappa shape index (κ2) is 9.98. The lowest BCUT2D eigenvalue weighted by atomic mass is 10.1. The predicted molar refractivity (Wildman–Crippen MR) is 114 cm³/mol. The van der Waals surface area contributed by atoms with E-state index in [-0.39, 0.29) is 19.0 Å². The SMILES string of the molecule is CC(=NOCc1ccc(C(F)(F)F)cc1)c1ccc(OCC(=O)c2ccc(Cl)s2)cc1. The Morgan fingerprint density at radius 3 is 2.29 bits per heavy atom. The van der Waals surface area contributed by atoms with Crippen LogP contribution in [0, 0.1) is 0 Å². The number of oxime groups is 1. The fraction of sp³-hybridized carbons (Fsp3) is 0.182. The van der Waals surface area contributed by atoms with Crippen LogP contribution in [0.4, 0.5) is 13.2 Å². The van der Waals surface area contributed by atoms with Gasteiger partial charge in [0.05, 0.1) is 20.5 Å². The third-order valence-corrected chi connectivity index (χ3v) is 5.48. The van der Waals surface area contributed by atoms with Crippen LogP contribution in [0.2, 0.25) is 4.34 Å². The normalized spacial score (nSPS) is 12.0. The zero-order valence-corrected chi connectivity index (χ0v) is 17.9. The molecule has 0 N–H and O–H groups in total. The molecule has 0 radical (unpaired) electrons. The van der Waals surface area contributed by atoms with Gasteiger partial charge in [-0.1, -0.05) is 28.9 Å². The highest BCUT2D eigenvalue weighted by Gasteiger charge is 2.29. The number of carbonyl (C=O) groups is 1. The lowest BCUT2D eigenvalue weighted by Gasteiger charge is -2.08. The number of hydrogen-bond donors (Lipinski definition) is 0. The summed E-state index contributed by atoms with van der Waals surface area (Å²) in [4.78, 5) is 17.8. The first-order valence-electron chi connectivity index (χ1n) is 9.07. The van der Waals surface area contributed by atoms with Gasteiger partial charge in [0.2, 0.25) is 5.78 Å². The maximum atomic E-state index is 12.6. The van der Waals surface area contributed by atoms with Gasteiger partial charge in [0.1, 0.15) is 12.4 Å². The number of rotatable bonds is 8. The van der Waals surface area contributed by atoms with Gasteiger partial charge in [0.25, 0.3) is 0 Å². The fourth-order valence-corrected chi connectivity index (χ4v) is 3.49. The highest BCUT2D eigenvalue weighted by molar-refractivity contribution is 7.18. The Hall–Kier alpha value is -2.84. The molecule has 0 unspecified atom stereocenters. The standard InChI is InChI=1S/C22H17ClF3NO3S/c1-14(27-30-12-15-2-6-17(7-3-15)22(24,25)26)16-4-8-18(9-5-16)29-13-19(28)20-10-11-21(23)31-20/h2-11H,12-13H2,1H3. The number of Topliss-reactive ketones (excluding diaryl/α,β-unsaturated/α-hetero) is 1. The number of ether oxygens (including phenoxy) is 1. The van der Waals surface area contributed by atoms with Gasteiger partial charge < -0.3 is 9.57 Å². The maximum Gasteiger partial charge on any atom is 0.416 e. The molecular formula is C22H17ClF3NO3S. The summed E-state index contributed by atoms with van der Waals surface area (Å²) in [7, 11) is 0. The second-order valence-electron chi connectivity index (χ2n) is 6.48. The Kier molecular flexibility index (Phi) is 7.35. The van der Waals surface area contributed by atoms with Crippen LogP contribution in [0.15, 0.2) is 65.8 Å². The van der Waals surface area contributed by atoms with Crippen LogP contribution in [0.5, 0.6) is 5.75 Å². The van der Waals surface area contributed by atoms with Crippen molar-refractivity contribution in [1.29, 1.82) is 0 Å². The summed E-state index contributed by atoms with van der Waals surface area (Å²) in [5, 5.41) is 4.00. The number of nitrogens with zero attached hydrogens (tertiary/aromatic N) is 1. The van der Waals surface area contributed by atoms with Gasteiger partial charge in [0, 0.05) is 0 Å². The molecule has 0 amide bonds. The third-order valence-electron chi connectivity index (χ3n) is 4.20. The molecular weight excluding hydrogens is 451 g/mol. The van der Waals surface area contributed by atoms with Crippen LogP contribution in [0.1, 0.15) is 33.3 Å². The van der Waals surface area contributed by atoms with Crippen molar-refractivity contribution in [3.05, 3.63) is 86.6 Å². The fourth-order valence-electron chi connectivity index (χ4n) is 2.52. The summed E-state index contributed by atoms with van der Waals surface area (Å²) < 4.78 is 43.8. The average molecular weight is 468 g/mol. The minimum absolute atomic E-state index is 0.0471. The number of hydrogen-bond acceptors (Lipinski definition) is 5. The highest BCUT2D eigenvalue weighted by Crippen LogP contribution is 2.29. The second-order valence-corrected chi connectivity index (χ2v) is 8.20. The summed E-state index contributed by atoms with van der Waals surface area (Å²) in [5.41, 5.74) is 1.23. The Morgan fingerprint density at radius 2 is 1.71 bits per heavy atom. The molecule has 31 heavy (non-hydrogen) atoms. The molecule has 0 saturated carbocycles. The molecule has 0 spiro atoms. The van der Waals surface area contributed by atoms with E-state index >= 15 is 0 Å². The monoisotopic (exact) mass is 467 g/mol. The zero-order chi connectivity index (χ0) is 22.4. The number of ketones is 1. The number of thiophene rings is 1. The van der Waals surface area contributed by atoms with Gasteiger partial charge in [-0.25, -0.2) is 0 Å². The molecule has 3 rings (SSSR count). The molecule has 2 aromatic carbocycles. The van der Waals surface area contributed by atoms with Crippen molar-refractivity contribution in [2.75, 3.05) is 6.61 Å². The smallest absolute Gasteiger partial charge is 0.416 e. The largest absolute Gasteiger partial charge is 0.485 e. The van der Waals surface area contributed by atoms with Gasteiger partial charge in [-0.2, -0.15) is 13.2 Å². The van der Waals surface area contributed by atoms with E-state index < -0.39 is 11.7 Å². The van der Waals surface area contributed by atoms with E-state index in [9.17, 15) is 18.0 Å². The molecule has 0 aliphatic rings. The first-order chi connectivity index (χ1) is 14.7. The molecule has 9 heteroatoms. The number of alkyl halides is 3. The molecule has 0 saturated heterocycles. The van der Waals surface area contributed by atoms with Crippen molar-refractivity contribution in [1.82, 2.24) is 0 Å². The summed E-state index contributed by atoms with van der Waals surface area (Å²) >= 11 is 7.03. The number of halogens is 4. The molecule has 3 aromatic rings. The molecule has 0 bridgehead atoms. The average Bonchev–Trinajstić information content (AvgIpc) is 3.18. The van der Waals surface area contributed by atoms with E-state index in [0.717, 1.165) is 17.7 Å². The lowest BCUT2D eigenvalue weighted by Crippen LogP contribution is -2.10. The Balaban J connectivity index is 1.50. The predicted octanol–water partition coefficient (Wildman–Crippen LogP) is 6.62. The summed E-state index contributed by atoms with van der Waals surface area (Å²) in [6.07, 6.45) is -4.37. The van der Waals surface area contributed by atoms with Crippen LogP contribution in [-0.2, 0) is 17.6 Å². The molecule has 1 aromatic heterocycles. The van der Waals surface area contributed by atoms with Crippen molar-refractivity contribution >= 4 is 34.4 Å². The summed E-state index contributed by atoms with van der Waals surface area (Å²) in [6.45, 7) is 1.69. The van der Waals surface area contributed by atoms with E-state index in [4.69, 9.17) is 21.2 Å². The maximum absolute atomic E-state index is 12.6. The van der Waals surface area contributed by atoms with Crippen LogP contribution in [-0.4, -0.2) is 18.1 Å². The van der Waals surface area contributed by atoms with E-state index in [1.807, 2.05) is 0 Å². The minimum atomic E-state index is -4.37. The van der Waals surface area contributed by atoms with Crippen LogP contribution in [0.25, 0.3) is 0 Å². The van der Waals surface area contributed by atoms with Crippen molar-refractivity contribution in [3.63, 3.8) is 0 Å². The van der Waals surface area contributed by atoms with Gasteiger partial charge in [-0.05, 0) is 66.6 Å². The summed E-state index contributed by atoms with van der Waals surface area (Å²) in [5.74, 6) is 0.369. The van der Waals surface area contributed by atoms with Crippen molar-refractivity contribution in [2.24, 2.45) is 5.16 Å². The van der Waals surface area contributed by atoms with Crippen LogP contribution < -0.4 is 4.74 Å². The molecule has 0 aliphatic heterocycles. The highest BCUT2D eigenvalue weighted by atomic mass is 35.5. The molecule has 4 nitrogen and oxygen atoms in total. The van der Waals surface area contributed by atoms with Crippen LogP contribution in [0.3, 0.4) is 0 Å². The van der Waals surface area contributed by atoms with E-state index in [1.165, 1.54) is 23.5 Å². The molecule has 0 atom stereocenters. The number of benzene rings is 2. The first-order valence-corrected chi connectivity index (χ1v) is 10.3. The van der Waals surface area contributed by atoms with E-state index in [0.29, 0.717) is 26.2 Å². The van der Waals surface area contributed by atoms with Crippen molar-refractivity contribution in [3.8, 4) is 5.75 Å². The molecule has 0 aliphatic carbocycles. The Morgan fingerprint density at radius 1 is 1.03 bits per heavy atom.